The van der Waals surface area contributed by atoms with E-state index in [1.807, 2.05) is 13.8 Å². The van der Waals surface area contributed by atoms with Gasteiger partial charge in [-0.25, -0.2) is 4.98 Å². The first-order valence-corrected chi connectivity index (χ1v) is 8.34. The van der Waals surface area contributed by atoms with Crippen molar-refractivity contribution in [1.82, 2.24) is 10.3 Å². The van der Waals surface area contributed by atoms with Gasteiger partial charge in [-0.15, -0.1) is 0 Å². The molecule has 4 nitrogen and oxygen atoms in total. The predicted molar refractivity (Wildman–Crippen MR) is 93.8 cm³/mol. The summed E-state index contributed by atoms with van der Waals surface area (Å²) in [6, 6.07) is 7.78. The number of pyridine rings is 1. The van der Waals surface area contributed by atoms with Gasteiger partial charge in [-0.1, -0.05) is 35.8 Å². The number of amides is 1. The molecule has 2 N–H and O–H groups in total. The van der Waals surface area contributed by atoms with Gasteiger partial charge in [-0.05, 0) is 30.2 Å². The number of anilines is 2. The molecule has 2 rings (SSSR count). The van der Waals surface area contributed by atoms with Crippen LogP contribution in [0.3, 0.4) is 0 Å². The maximum atomic E-state index is 13.3. The lowest BCUT2D eigenvalue weighted by atomic mass is 10.1. The van der Waals surface area contributed by atoms with E-state index in [1.165, 1.54) is 0 Å². The maximum Gasteiger partial charge on any atom is 0.417 e. The maximum absolute atomic E-state index is 13.3. The minimum Gasteiger partial charge on any atom is -0.352 e. The number of halogens is 4. The van der Waals surface area contributed by atoms with Crippen molar-refractivity contribution in [1.29, 1.82) is 0 Å². The van der Waals surface area contributed by atoms with E-state index in [-0.39, 0.29) is 18.3 Å². The van der Waals surface area contributed by atoms with Crippen LogP contribution in [0.4, 0.5) is 24.7 Å². The Bertz CT molecular complexity index is 763. The first kappa shape index (κ1) is 19.2. The molecule has 0 saturated heterocycles. The second kappa shape index (κ2) is 7.86. The molecule has 0 aliphatic rings. The Kier molecular flexibility index (Phi) is 6.05. The van der Waals surface area contributed by atoms with Gasteiger partial charge >= 0.3 is 6.18 Å². The fourth-order valence-corrected chi connectivity index (χ4v) is 2.44. The smallest absolute Gasteiger partial charge is 0.352 e. The van der Waals surface area contributed by atoms with Crippen molar-refractivity contribution in [3.05, 3.63) is 52.1 Å². The second-order valence-corrected chi connectivity index (χ2v) is 6.77. The standard InChI is InChI=1S/C17H17BrF3N3O/c1-10(2)8-23-16(25)13-9-22-15(7-14(13)17(19,20)21)24-12-5-3-4-11(18)6-12/h3-7,9-10H,8H2,1-2H3,(H,22,24)(H,23,25). The lowest BCUT2D eigenvalue weighted by Crippen LogP contribution is -2.29. The highest BCUT2D eigenvalue weighted by atomic mass is 79.9. The van der Waals surface area contributed by atoms with Crippen LogP contribution >= 0.6 is 15.9 Å². The molecule has 0 saturated carbocycles. The van der Waals surface area contributed by atoms with Crippen LogP contribution in [0.15, 0.2) is 41.0 Å². The van der Waals surface area contributed by atoms with Crippen molar-refractivity contribution in [2.45, 2.75) is 20.0 Å². The third-order valence-electron chi connectivity index (χ3n) is 3.22. The number of carbonyl (C=O) groups excluding carboxylic acids is 1. The minimum absolute atomic E-state index is 0.00540. The van der Waals surface area contributed by atoms with Crippen molar-refractivity contribution in [2.75, 3.05) is 11.9 Å². The Balaban J connectivity index is 2.32. The van der Waals surface area contributed by atoms with E-state index in [9.17, 15) is 18.0 Å². The van der Waals surface area contributed by atoms with Crippen molar-refractivity contribution in [2.24, 2.45) is 5.92 Å². The lowest BCUT2D eigenvalue weighted by Gasteiger charge is -2.15. The highest BCUT2D eigenvalue weighted by molar-refractivity contribution is 9.10. The molecular weight excluding hydrogens is 399 g/mol. The second-order valence-electron chi connectivity index (χ2n) is 5.85. The number of hydrogen-bond acceptors (Lipinski definition) is 3. The fourth-order valence-electron chi connectivity index (χ4n) is 2.05. The normalized spacial score (nSPS) is 11.5. The Labute approximate surface area is 152 Å². The summed E-state index contributed by atoms with van der Waals surface area (Å²) in [6.45, 7) is 4.00. The first-order chi connectivity index (χ1) is 11.7. The highest BCUT2D eigenvalue weighted by Gasteiger charge is 2.36. The van der Waals surface area contributed by atoms with E-state index < -0.39 is 23.2 Å². The first-order valence-electron chi connectivity index (χ1n) is 7.55. The number of carbonyl (C=O) groups is 1. The number of rotatable bonds is 5. The molecule has 1 aromatic carbocycles. The largest absolute Gasteiger partial charge is 0.417 e. The summed E-state index contributed by atoms with van der Waals surface area (Å²) in [5.74, 6) is -0.655. The van der Waals surface area contributed by atoms with Gasteiger partial charge in [-0.2, -0.15) is 13.2 Å². The van der Waals surface area contributed by atoms with Crippen LogP contribution in [0.2, 0.25) is 0 Å². The summed E-state index contributed by atoms with van der Waals surface area (Å²) in [5, 5.41) is 5.28. The fraction of sp³-hybridized carbons (Fsp3) is 0.294. The third kappa shape index (κ3) is 5.45. The van der Waals surface area contributed by atoms with Gasteiger partial charge in [0.25, 0.3) is 5.91 Å². The van der Waals surface area contributed by atoms with Crippen LogP contribution in [0.1, 0.15) is 29.8 Å². The molecule has 2 aromatic rings. The molecular formula is C17H17BrF3N3O. The highest BCUT2D eigenvalue weighted by Crippen LogP contribution is 2.33. The SMILES string of the molecule is CC(C)CNC(=O)c1cnc(Nc2cccc(Br)c2)cc1C(F)(F)F. The molecule has 0 fully saturated rings. The summed E-state index contributed by atoms with van der Waals surface area (Å²) >= 11 is 3.29. The molecule has 0 unspecified atom stereocenters. The molecule has 1 heterocycles. The Morgan fingerprint density at radius 1 is 1.28 bits per heavy atom. The van der Waals surface area contributed by atoms with Crippen molar-refractivity contribution in [3.63, 3.8) is 0 Å². The topological polar surface area (TPSA) is 54.0 Å². The molecule has 0 bridgehead atoms. The minimum atomic E-state index is -4.67. The number of benzene rings is 1. The molecule has 8 heteroatoms. The van der Waals surface area contributed by atoms with Crippen LogP contribution in [0.5, 0.6) is 0 Å². The van der Waals surface area contributed by atoms with E-state index in [4.69, 9.17) is 0 Å². The van der Waals surface area contributed by atoms with E-state index in [1.54, 1.807) is 24.3 Å². The summed E-state index contributed by atoms with van der Waals surface area (Å²) in [5.41, 5.74) is -0.943. The van der Waals surface area contributed by atoms with Crippen LogP contribution in [0, 0.1) is 5.92 Å². The summed E-state index contributed by atoms with van der Waals surface area (Å²) in [7, 11) is 0. The van der Waals surface area contributed by atoms with E-state index in [0.29, 0.717) is 5.69 Å². The monoisotopic (exact) mass is 415 g/mol. The summed E-state index contributed by atoms with van der Waals surface area (Å²) in [6.07, 6.45) is -3.72. The zero-order valence-corrected chi connectivity index (χ0v) is 15.2. The number of nitrogens with zero attached hydrogens (tertiary/aromatic N) is 1. The summed E-state index contributed by atoms with van der Waals surface area (Å²) in [4.78, 5) is 16.0. The van der Waals surface area contributed by atoms with Gasteiger partial charge in [0.05, 0.1) is 11.1 Å². The van der Waals surface area contributed by atoms with Gasteiger partial charge in [0.15, 0.2) is 0 Å². The molecule has 1 aromatic heterocycles. The van der Waals surface area contributed by atoms with Gasteiger partial charge in [0, 0.05) is 22.9 Å². The molecule has 0 atom stereocenters. The van der Waals surface area contributed by atoms with Crippen LogP contribution < -0.4 is 10.6 Å². The average molecular weight is 416 g/mol. The third-order valence-corrected chi connectivity index (χ3v) is 3.72. The van der Waals surface area contributed by atoms with Gasteiger partial charge in [0.2, 0.25) is 0 Å². The quantitative estimate of drug-likeness (QED) is 0.722. The Morgan fingerprint density at radius 3 is 2.60 bits per heavy atom. The zero-order valence-electron chi connectivity index (χ0n) is 13.6. The number of nitrogens with one attached hydrogen (secondary N) is 2. The number of aromatic nitrogens is 1. The van der Waals surface area contributed by atoms with Gasteiger partial charge < -0.3 is 10.6 Å². The van der Waals surface area contributed by atoms with E-state index in [2.05, 4.69) is 31.5 Å². The average Bonchev–Trinajstić information content (AvgIpc) is 2.51. The van der Waals surface area contributed by atoms with E-state index in [0.717, 1.165) is 16.7 Å². The van der Waals surface area contributed by atoms with Crippen molar-refractivity contribution < 1.29 is 18.0 Å². The molecule has 0 aliphatic carbocycles. The van der Waals surface area contributed by atoms with Crippen LogP contribution in [-0.2, 0) is 6.18 Å². The predicted octanol–water partition coefficient (Wildman–Crippen LogP) is 4.99. The van der Waals surface area contributed by atoms with Gasteiger partial charge in [-0.3, -0.25) is 4.79 Å². The molecule has 25 heavy (non-hydrogen) atoms. The van der Waals surface area contributed by atoms with E-state index >= 15 is 0 Å². The number of hydrogen-bond donors (Lipinski definition) is 2. The van der Waals surface area contributed by atoms with Gasteiger partial charge in [0.1, 0.15) is 5.82 Å². The molecule has 1 amide bonds. The van der Waals surface area contributed by atoms with Crippen LogP contribution in [-0.4, -0.2) is 17.4 Å². The Morgan fingerprint density at radius 2 is 2.00 bits per heavy atom. The van der Waals surface area contributed by atoms with Crippen LogP contribution in [0.25, 0.3) is 0 Å². The van der Waals surface area contributed by atoms with Crippen molar-refractivity contribution >= 4 is 33.3 Å². The molecule has 134 valence electrons. The molecule has 0 spiro atoms. The summed E-state index contributed by atoms with van der Waals surface area (Å²) < 4.78 is 40.8. The zero-order chi connectivity index (χ0) is 18.6. The molecule has 0 radical (unpaired) electrons. The number of alkyl halides is 3. The lowest BCUT2D eigenvalue weighted by molar-refractivity contribution is -0.137. The molecule has 0 aliphatic heterocycles. The Hall–Kier alpha value is -2.09. The van der Waals surface area contributed by atoms with Crippen molar-refractivity contribution in [3.8, 4) is 0 Å².